The summed E-state index contributed by atoms with van der Waals surface area (Å²) in [6.07, 6.45) is 0. The van der Waals surface area contributed by atoms with Gasteiger partial charge in [0.1, 0.15) is 5.75 Å². The number of amides is 1. The third-order valence-electron chi connectivity index (χ3n) is 2.37. The van der Waals surface area contributed by atoms with Gasteiger partial charge in [-0.2, -0.15) is 0 Å². The first-order chi connectivity index (χ1) is 8.04. The fourth-order valence-corrected chi connectivity index (χ4v) is 1.83. The Kier molecular flexibility index (Phi) is 5.44. The molecule has 1 atom stereocenters. The van der Waals surface area contributed by atoms with E-state index in [4.69, 9.17) is 0 Å². The molecule has 1 aromatic rings. The number of hydrogen-bond acceptors (Lipinski definition) is 3. The highest BCUT2D eigenvalue weighted by Gasteiger charge is 2.12. The molecule has 1 unspecified atom stereocenters. The highest BCUT2D eigenvalue weighted by atomic mass is 79.9. The van der Waals surface area contributed by atoms with Gasteiger partial charge in [-0.25, -0.2) is 0 Å². The number of rotatable bonds is 5. The minimum atomic E-state index is -0.258. The third-order valence-corrected chi connectivity index (χ3v) is 2.86. The lowest BCUT2D eigenvalue weighted by Gasteiger charge is -2.12. The van der Waals surface area contributed by atoms with Crippen molar-refractivity contribution in [1.82, 2.24) is 10.6 Å². The van der Waals surface area contributed by atoms with Crippen LogP contribution in [-0.2, 0) is 0 Å². The second-order valence-corrected chi connectivity index (χ2v) is 4.95. The number of nitrogens with one attached hydrogen (secondary N) is 2. The molecular weight excluding hydrogens is 284 g/mol. The van der Waals surface area contributed by atoms with E-state index < -0.39 is 0 Å². The van der Waals surface area contributed by atoms with Crippen LogP contribution in [0.5, 0.6) is 5.75 Å². The van der Waals surface area contributed by atoms with Crippen LogP contribution < -0.4 is 10.6 Å². The molecule has 1 amide bonds. The Hall–Kier alpha value is -1.07. The van der Waals surface area contributed by atoms with Crippen LogP contribution in [0.1, 0.15) is 17.3 Å². The molecule has 0 heterocycles. The summed E-state index contributed by atoms with van der Waals surface area (Å²) in [6, 6.07) is 4.79. The van der Waals surface area contributed by atoms with Crippen molar-refractivity contribution in [3.63, 3.8) is 0 Å². The van der Waals surface area contributed by atoms with E-state index in [2.05, 4.69) is 26.6 Å². The number of carbonyl (C=O) groups excluding carboxylic acids is 1. The van der Waals surface area contributed by atoms with Crippen molar-refractivity contribution in [2.45, 2.75) is 6.92 Å². The maximum Gasteiger partial charge on any atom is 0.255 e. The van der Waals surface area contributed by atoms with Crippen LogP contribution >= 0.6 is 15.9 Å². The molecule has 94 valence electrons. The van der Waals surface area contributed by atoms with Crippen molar-refractivity contribution in [3.8, 4) is 5.75 Å². The standard InChI is InChI=1S/C12H17BrN2O2/c1-8(6-14-2)7-15-12(17)10-5-9(13)3-4-11(10)16/h3-5,8,14,16H,6-7H2,1-2H3,(H,15,17). The first-order valence-corrected chi connectivity index (χ1v) is 6.25. The molecule has 0 saturated heterocycles. The van der Waals surface area contributed by atoms with Gasteiger partial charge in [0.25, 0.3) is 5.91 Å². The highest BCUT2D eigenvalue weighted by Crippen LogP contribution is 2.21. The summed E-state index contributed by atoms with van der Waals surface area (Å²) < 4.78 is 0.767. The summed E-state index contributed by atoms with van der Waals surface area (Å²) in [5, 5.41) is 15.4. The molecule has 4 nitrogen and oxygen atoms in total. The molecule has 0 bridgehead atoms. The number of aromatic hydroxyl groups is 1. The van der Waals surface area contributed by atoms with Gasteiger partial charge in [0.15, 0.2) is 0 Å². The van der Waals surface area contributed by atoms with E-state index >= 15 is 0 Å². The SMILES string of the molecule is CNCC(C)CNC(=O)c1cc(Br)ccc1O. The maximum absolute atomic E-state index is 11.8. The summed E-state index contributed by atoms with van der Waals surface area (Å²) in [4.78, 5) is 11.8. The molecule has 0 radical (unpaired) electrons. The van der Waals surface area contributed by atoms with Gasteiger partial charge in [-0.1, -0.05) is 22.9 Å². The number of phenols is 1. The van der Waals surface area contributed by atoms with Gasteiger partial charge < -0.3 is 15.7 Å². The van der Waals surface area contributed by atoms with Crippen LogP contribution in [0.2, 0.25) is 0 Å². The predicted octanol–water partition coefficient (Wildman–Crippen LogP) is 1.74. The quantitative estimate of drug-likeness (QED) is 0.776. The molecule has 1 aromatic carbocycles. The van der Waals surface area contributed by atoms with Gasteiger partial charge in [-0.15, -0.1) is 0 Å². The molecule has 0 aromatic heterocycles. The second-order valence-electron chi connectivity index (χ2n) is 4.03. The zero-order chi connectivity index (χ0) is 12.8. The fraction of sp³-hybridized carbons (Fsp3) is 0.417. The van der Waals surface area contributed by atoms with Crippen LogP contribution in [0.3, 0.4) is 0 Å². The number of benzene rings is 1. The smallest absolute Gasteiger partial charge is 0.255 e. The molecule has 0 aliphatic heterocycles. The zero-order valence-electron chi connectivity index (χ0n) is 9.96. The Bertz CT molecular complexity index is 396. The van der Waals surface area contributed by atoms with Crippen molar-refractivity contribution in [2.24, 2.45) is 5.92 Å². The minimum absolute atomic E-state index is 0.00744. The van der Waals surface area contributed by atoms with E-state index in [1.165, 1.54) is 6.07 Å². The van der Waals surface area contributed by atoms with Crippen molar-refractivity contribution in [2.75, 3.05) is 20.1 Å². The second kappa shape index (κ2) is 6.61. The van der Waals surface area contributed by atoms with Gasteiger partial charge >= 0.3 is 0 Å². The van der Waals surface area contributed by atoms with Crippen LogP contribution in [0.25, 0.3) is 0 Å². The minimum Gasteiger partial charge on any atom is -0.507 e. The van der Waals surface area contributed by atoms with E-state index in [-0.39, 0.29) is 17.2 Å². The first kappa shape index (κ1) is 14.0. The van der Waals surface area contributed by atoms with Crippen LogP contribution in [-0.4, -0.2) is 31.2 Å². The van der Waals surface area contributed by atoms with E-state index in [0.29, 0.717) is 12.5 Å². The summed E-state index contributed by atoms with van der Waals surface area (Å²) >= 11 is 3.27. The molecular formula is C12H17BrN2O2. The third kappa shape index (κ3) is 4.36. The summed E-state index contributed by atoms with van der Waals surface area (Å²) in [5.74, 6) is 0.0805. The summed E-state index contributed by atoms with van der Waals surface area (Å²) in [7, 11) is 1.87. The van der Waals surface area contributed by atoms with Crippen LogP contribution in [0.15, 0.2) is 22.7 Å². The Morgan fingerprint density at radius 2 is 2.18 bits per heavy atom. The number of hydrogen-bond donors (Lipinski definition) is 3. The normalized spacial score (nSPS) is 12.2. The number of halogens is 1. The highest BCUT2D eigenvalue weighted by molar-refractivity contribution is 9.10. The molecule has 0 aliphatic carbocycles. The fourth-order valence-electron chi connectivity index (χ4n) is 1.47. The van der Waals surface area contributed by atoms with E-state index in [9.17, 15) is 9.90 Å². The largest absolute Gasteiger partial charge is 0.507 e. The lowest BCUT2D eigenvalue weighted by molar-refractivity contribution is 0.0945. The Balaban J connectivity index is 2.61. The number of carbonyl (C=O) groups is 1. The van der Waals surface area contributed by atoms with Crippen molar-refractivity contribution >= 4 is 21.8 Å². The average molecular weight is 301 g/mol. The molecule has 0 spiro atoms. The average Bonchev–Trinajstić information content (AvgIpc) is 2.29. The van der Waals surface area contributed by atoms with Gasteiger partial charge in [0.2, 0.25) is 0 Å². The Labute approximate surface area is 110 Å². The van der Waals surface area contributed by atoms with Crippen molar-refractivity contribution in [1.29, 1.82) is 0 Å². The summed E-state index contributed by atoms with van der Waals surface area (Å²) in [5.41, 5.74) is 0.288. The van der Waals surface area contributed by atoms with Gasteiger partial charge in [0.05, 0.1) is 5.56 Å². The lowest BCUT2D eigenvalue weighted by atomic mass is 10.1. The van der Waals surface area contributed by atoms with Gasteiger partial charge in [-0.05, 0) is 37.7 Å². The zero-order valence-corrected chi connectivity index (χ0v) is 11.5. The topological polar surface area (TPSA) is 61.4 Å². The van der Waals surface area contributed by atoms with E-state index in [0.717, 1.165) is 11.0 Å². The molecule has 1 rings (SSSR count). The predicted molar refractivity (Wildman–Crippen MR) is 71.2 cm³/mol. The molecule has 17 heavy (non-hydrogen) atoms. The maximum atomic E-state index is 11.8. The Morgan fingerprint density at radius 3 is 2.82 bits per heavy atom. The Morgan fingerprint density at radius 1 is 1.47 bits per heavy atom. The van der Waals surface area contributed by atoms with Gasteiger partial charge in [0, 0.05) is 11.0 Å². The molecule has 0 saturated carbocycles. The molecule has 0 fully saturated rings. The lowest BCUT2D eigenvalue weighted by Crippen LogP contribution is -2.32. The first-order valence-electron chi connectivity index (χ1n) is 5.46. The van der Waals surface area contributed by atoms with Crippen LogP contribution in [0, 0.1) is 5.92 Å². The molecule has 0 aliphatic rings. The summed E-state index contributed by atoms with van der Waals surface area (Å²) in [6.45, 7) is 3.45. The van der Waals surface area contributed by atoms with Gasteiger partial charge in [-0.3, -0.25) is 4.79 Å². The monoisotopic (exact) mass is 300 g/mol. The van der Waals surface area contributed by atoms with Crippen molar-refractivity contribution in [3.05, 3.63) is 28.2 Å². The van der Waals surface area contributed by atoms with E-state index in [1.807, 2.05) is 14.0 Å². The molecule has 5 heteroatoms. The van der Waals surface area contributed by atoms with Crippen LogP contribution in [0.4, 0.5) is 0 Å². The molecule has 3 N–H and O–H groups in total. The van der Waals surface area contributed by atoms with E-state index in [1.54, 1.807) is 12.1 Å². The number of phenolic OH excluding ortho intramolecular Hbond substituents is 1. The van der Waals surface area contributed by atoms with Crippen molar-refractivity contribution < 1.29 is 9.90 Å².